The van der Waals surface area contributed by atoms with Crippen molar-refractivity contribution in [3.8, 4) is 0 Å². The van der Waals surface area contributed by atoms with Crippen LogP contribution >= 0.6 is 0 Å². The fourth-order valence-electron chi connectivity index (χ4n) is 1.75. The van der Waals surface area contributed by atoms with Gasteiger partial charge in [0.1, 0.15) is 0 Å². The molecule has 76 valence electrons. The number of nitrogens with one attached hydrogen (secondary N) is 1. The van der Waals surface area contributed by atoms with Crippen molar-refractivity contribution < 1.29 is 0 Å². The molecule has 0 spiro atoms. The molecule has 0 radical (unpaired) electrons. The summed E-state index contributed by atoms with van der Waals surface area (Å²) in [5.74, 6) is 0.705. The highest BCUT2D eigenvalue weighted by Crippen LogP contribution is 2.24. The van der Waals surface area contributed by atoms with E-state index in [1.165, 1.54) is 5.70 Å². The molecule has 1 aliphatic rings. The van der Waals surface area contributed by atoms with Gasteiger partial charge in [-0.3, -0.25) is 0 Å². The molecule has 1 fully saturated rings. The highest BCUT2D eigenvalue weighted by Gasteiger charge is 2.23. The minimum Gasteiger partial charge on any atom is -0.386 e. The van der Waals surface area contributed by atoms with E-state index in [-0.39, 0.29) is 0 Å². The normalized spacial score (nSPS) is 27.4. The van der Waals surface area contributed by atoms with E-state index >= 15 is 0 Å². The Bertz CT molecular complexity index is 260. The molecule has 1 aliphatic heterocycles. The maximum Gasteiger partial charge on any atom is 0.0264 e. The summed E-state index contributed by atoms with van der Waals surface area (Å²) in [5, 5.41) is 3.36. The van der Waals surface area contributed by atoms with E-state index < -0.39 is 0 Å². The molecule has 1 heteroatoms. The van der Waals surface area contributed by atoms with Crippen LogP contribution in [0.4, 0.5) is 0 Å². The molecule has 0 unspecified atom stereocenters. The molecule has 0 aliphatic carbocycles. The van der Waals surface area contributed by atoms with E-state index in [4.69, 9.17) is 0 Å². The Kier molecular flexibility index (Phi) is 4.24. The first kappa shape index (κ1) is 10.8. The Morgan fingerprint density at radius 2 is 2.21 bits per heavy atom. The van der Waals surface area contributed by atoms with Gasteiger partial charge < -0.3 is 5.32 Å². The summed E-state index contributed by atoms with van der Waals surface area (Å²) in [6, 6.07) is 0.565. The Balaban J connectivity index is 2.31. The second-order valence-corrected chi connectivity index (χ2v) is 3.79. The highest BCUT2D eigenvalue weighted by atomic mass is 15.0. The molecule has 2 atom stereocenters. The summed E-state index contributed by atoms with van der Waals surface area (Å²) in [4.78, 5) is 0. The molecule has 0 aromatic carbocycles. The van der Waals surface area contributed by atoms with Crippen LogP contribution in [0.15, 0.2) is 49.2 Å². The van der Waals surface area contributed by atoms with Gasteiger partial charge in [-0.05, 0) is 25.7 Å². The van der Waals surface area contributed by atoms with Crippen molar-refractivity contribution in [2.24, 2.45) is 5.92 Å². The van der Waals surface area contributed by atoms with Gasteiger partial charge >= 0.3 is 0 Å². The maximum atomic E-state index is 3.95. The zero-order chi connectivity index (χ0) is 10.4. The van der Waals surface area contributed by atoms with Crippen LogP contribution in [0.5, 0.6) is 0 Å². The molecule has 0 saturated carbocycles. The van der Waals surface area contributed by atoms with Gasteiger partial charge in [-0.1, -0.05) is 43.5 Å². The molecule has 1 nitrogen and oxygen atoms in total. The molecule has 1 heterocycles. The molecule has 1 N–H and O–H groups in total. The largest absolute Gasteiger partial charge is 0.386 e. The van der Waals surface area contributed by atoms with E-state index in [0.29, 0.717) is 12.0 Å². The first-order valence-corrected chi connectivity index (χ1v) is 5.12. The Hall–Kier alpha value is -1.24. The van der Waals surface area contributed by atoms with E-state index in [0.717, 1.165) is 12.8 Å². The Labute approximate surface area is 86.9 Å². The van der Waals surface area contributed by atoms with E-state index in [1.54, 1.807) is 6.08 Å². The molecule has 1 rings (SSSR count). The number of allylic oxidation sites excluding steroid dienone is 6. The van der Waals surface area contributed by atoms with Crippen LogP contribution in [-0.4, -0.2) is 6.04 Å². The van der Waals surface area contributed by atoms with Crippen LogP contribution in [0.2, 0.25) is 0 Å². The van der Waals surface area contributed by atoms with Crippen molar-refractivity contribution in [2.75, 3.05) is 0 Å². The molecule has 0 aromatic rings. The summed E-state index contributed by atoms with van der Waals surface area (Å²) in [7, 11) is 0. The third-order valence-electron chi connectivity index (χ3n) is 2.58. The van der Waals surface area contributed by atoms with Gasteiger partial charge in [0, 0.05) is 11.7 Å². The second-order valence-electron chi connectivity index (χ2n) is 3.79. The van der Waals surface area contributed by atoms with Crippen LogP contribution in [0, 0.1) is 5.92 Å². The fraction of sp³-hybridized carbons (Fsp3) is 0.385. The predicted octanol–water partition coefficient (Wildman–Crippen LogP) is 3.19. The lowest BCUT2D eigenvalue weighted by molar-refractivity contribution is 0.482. The minimum atomic E-state index is 0.565. The number of hydrogen-bond donors (Lipinski definition) is 1. The zero-order valence-corrected chi connectivity index (χ0v) is 8.87. The van der Waals surface area contributed by atoms with Gasteiger partial charge in [-0.2, -0.15) is 0 Å². The maximum absolute atomic E-state index is 3.95. The van der Waals surface area contributed by atoms with Crippen molar-refractivity contribution in [1.82, 2.24) is 5.32 Å². The van der Waals surface area contributed by atoms with Crippen LogP contribution in [0.25, 0.3) is 0 Å². The highest BCUT2D eigenvalue weighted by molar-refractivity contribution is 5.11. The summed E-state index contributed by atoms with van der Waals surface area (Å²) in [5.41, 5.74) is 1.18. The summed E-state index contributed by atoms with van der Waals surface area (Å²) < 4.78 is 0. The lowest BCUT2D eigenvalue weighted by atomic mass is 9.97. The molecule has 0 bridgehead atoms. The minimum absolute atomic E-state index is 0.565. The third kappa shape index (κ3) is 3.25. The van der Waals surface area contributed by atoms with Crippen molar-refractivity contribution in [3.63, 3.8) is 0 Å². The molecular weight excluding hydrogens is 170 g/mol. The van der Waals surface area contributed by atoms with Crippen molar-refractivity contribution in [1.29, 1.82) is 0 Å². The zero-order valence-electron chi connectivity index (χ0n) is 8.87. The topological polar surface area (TPSA) is 12.0 Å². The van der Waals surface area contributed by atoms with Crippen molar-refractivity contribution in [3.05, 3.63) is 49.2 Å². The third-order valence-corrected chi connectivity index (χ3v) is 2.58. The average molecular weight is 189 g/mol. The van der Waals surface area contributed by atoms with Crippen LogP contribution in [0.3, 0.4) is 0 Å². The summed E-state index contributed by atoms with van der Waals surface area (Å²) in [6.07, 6.45) is 12.2. The van der Waals surface area contributed by atoms with Gasteiger partial charge in [-0.15, -0.1) is 0 Å². The lowest BCUT2D eigenvalue weighted by Gasteiger charge is -2.11. The van der Waals surface area contributed by atoms with E-state index in [1.807, 2.05) is 12.2 Å². The van der Waals surface area contributed by atoms with Crippen molar-refractivity contribution >= 4 is 0 Å². The lowest BCUT2D eigenvalue weighted by Crippen LogP contribution is -2.21. The van der Waals surface area contributed by atoms with Crippen LogP contribution < -0.4 is 5.32 Å². The smallest absolute Gasteiger partial charge is 0.0264 e. The van der Waals surface area contributed by atoms with Gasteiger partial charge in [0.05, 0.1) is 0 Å². The van der Waals surface area contributed by atoms with Gasteiger partial charge in [0.2, 0.25) is 0 Å². The summed E-state index contributed by atoms with van der Waals surface area (Å²) >= 11 is 0. The van der Waals surface area contributed by atoms with Gasteiger partial charge in [-0.25, -0.2) is 0 Å². The second kappa shape index (κ2) is 5.48. The predicted molar refractivity (Wildman–Crippen MR) is 62.9 cm³/mol. The van der Waals surface area contributed by atoms with Crippen LogP contribution in [0.1, 0.15) is 19.8 Å². The molecule has 14 heavy (non-hydrogen) atoms. The molecule has 0 amide bonds. The average Bonchev–Trinajstić information content (AvgIpc) is 2.45. The van der Waals surface area contributed by atoms with Crippen LogP contribution in [-0.2, 0) is 0 Å². The van der Waals surface area contributed by atoms with Gasteiger partial charge in [0.25, 0.3) is 0 Å². The quantitative estimate of drug-likeness (QED) is 0.670. The standard InChI is InChI=1S/C13H19N/c1-4-5-6-7-8-9-13-10-11(2)14-12(13)3/h4-8,12-14H,1-2,9-10H2,3H3/b6-5-,8-7-/t12-,13-/m1/s1. The first-order chi connectivity index (χ1) is 6.74. The number of hydrogen-bond acceptors (Lipinski definition) is 1. The van der Waals surface area contributed by atoms with E-state index in [9.17, 15) is 0 Å². The fourth-order valence-corrected chi connectivity index (χ4v) is 1.75. The Morgan fingerprint density at radius 3 is 2.79 bits per heavy atom. The Morgan fingerprint density at radius 1 is 1.43 bits per heavy atom. The molecule has 0 aromatic heterocycles. The van der Waals surface area contributed by atoms with E-state index in [2.05, 4.69) is 37.6 Å². The van der Waals surface area contributed by atoms with Crippen molar-refractivity contribution in [2.45, 2.75) is 25.8 Å². The van der Waals surface area contributed by atoms with Gasteiger partial charge in [0.15, 0.2) is 0 Å². The first-order valence-electron chi connectivity index (χ1n) is 5.12. The molecule has 1 saturated heterocycles. The number of rotatable bonds is 4. The molecular formula is C13H19N. The monoisotopic (exact) mass is 189 g/mol. The summed E-state index contributed by atoms with van der Waals surface area (Å²) in [6.45, 7) is 9.78. The SMILES string of the molecule is C=C/C=C\C=C/C[C@@H]1CC(=C)N[C@@H]1C.